The van der Waals surface area contributed by atoms with Crippen molar-refractivity contribution in [2.24, 2.45) is 0 Å². The molecule has 0 saturated heterocycles. The maximum absolute atomic E-state index is 10.4. The second-order valence-electron chi connectivity index (χ2n) is 4.78. The molecule has 0 unspecified atom stereocenters. The summed E-state index contributed by atoms with van der Waals surface area (Å²) in [7, 11) is 0. The van der Waals surface area contributed by atoms with Gasteiger partial charge in [0.2, 0.25) is 0 Å². The topological polar surface area (TPSA) is 67.8 Å². The number of rotatable bonds is 10. The highest BCUT2D eigenvalue weighted by atomic mass is 16.5. The van der Waals surface area contributed by atoms with Crippen LogP contribution in [0.2, 0.25) is 0 Å². The zero-order valence-electron chi connectivity index (χ0n) is 12.1. The Kier molecular flexibility index (Phi) is 7.69. The van der Waals surface area contributed by atoms with Gasteiger partial charge in [-0.05, 0) is 44.5 Å². The third-order valence-corrected chi connectivity index (χ3v) is 2.54. The van der Waals surface area contributed by atoms with Crippen LogP contribution in [0.15, 0.2) is 24.3 Å². The molecule has 0 aliphatic rings. The summed E-state index contributed by atoms with van der Waals surface area (Å²) in [6.07, 6.45) is 1.24. The first-order chi connectivity index (χ1) is 9.58. The van der Waals surface area contributed by atoms with Crippen molar-refractivity contribution in [2.75, 3.05) is 19.8 Å². The van der Waals surface area contributed by atoms with Crippen molar-refractivity contribution in [3.8, 4) is 5.75 Å². The van der Waals surface area contributed by atoms with Crippen molar-refractivity contribution in [1.82, 2.24) is 5.32 Å². The number of hydrogen-bond acceptors (Lipinski definition) is 4. The van der Waals surface area contributed by atoms with Gasteiger partial charge < -0.3 is 19.9 Å². The summed E-state index contributed by atoms with van der Waals surface area (Å²) in [5.41, 5.74) is 1.07. The molecule has 0 spiro atoms. The molecule has 0 bridgehead atoms. The molecule has 0 radical (unpaired) electrons. The molecule has 1 rings (SSSR count). The minimum absolute atomic E-state index is 0.276. The average Bonchev–Trinajstić information content (AvgIpc) is 2.40. The Morgan fingerprint density at radius 1 is 1.40 bits per heavy atom. The molecule has 0 amide bonds. The first-order valence-corrected chi connectivity index (χ1v) is 6.84. The molecule has 5 nitrogen and oxygen atoms in total. The van der Waals surface area contributed by atoms with Crippen LogP contribution < -0.4 is 10.1 Å². The molecular formula is C15H23NO4. The van der Waals surface area contributed by atoms with Gasteiger partial charge >= 0.3 is 5.97 Å². The van der Waals surface area contributed by atoms with Crippen LogP contribution in [-0.4, -0.2) is 36.9 Å². The average molecular weight is 281 g/mol. The number of benzene rings is 1. The van der Waals surface area contributed by atoms with Crippen molar-refractivity contribution in [3.05, 3.63) is 29.8 Å². The molecule has 1 aromatic carbocycles. The Balaban J connectivity index is 2.23. The summed E-state index contributed by atoms with van der Waals surface area (Å²) in [5.74, 6) is -0.395. The summed E-state index contributed by atoms with van der Waals surface area (Å²) < 4.78 is 10.6. The van der Waals surface area contributed by atoms with Crippen LogP contribution in [0.25, 0.3) is 0 Å². The lowest BCUT2D eigenvalue weighted by atomic mass is 10.2. The highest BCUT2D eigenvalue weighted by Gasteiger charge is 2.00. The fraction of sp³-hybridized carbons (Fsp3) is 0.533. The maximum atomic E-state index is 10.4. The number of hydrogen-bond donors (Lipinski definition) is 2. The van der Waals surface area contributed by atoms with Crippen LogP contribution in [-0.2, 0) is 16.1 Å². The summed E-state index contributed by atoms with van der Waals surface area (Å²) >= 11 is 0. The molecule has 0 saturated carbocycles. The quantitative estimate of drug-likeness (QED) is 0.642. The van der Waals surface area contributed by atoms with E-state index in [0.717, 1.165) is 31.7 Å². The molecule has 0 atom stereocenters. The summed E-state index contributed by atoms with van der Waals surface area (Å²) in [4.78, 5) is 10.4. The molecule has 2 N–H and O–H groups in total. The zero-order chi connectivity index (χ0) is 14.8. The molecule has 0 aliphatic carbocycles. The van der Waals surface area contributed by atoms with Gasteiger partial charge in [-0.25, -0.2) is 4.79 Å². The summed E-state index contributed by atoms with van der Waals surface area (Å²) in [6.45, 7) is 6.10. The number of carboxylic acids is 1. The predicted molar refractivity (Wildman–Crippen MR) is 77.0 cm³/mol. The Bertz CT molecular complexity index is 407. The molecule has 0 fully saturated rings. The lowest BCUT2D eigenvalue weighted by Crippen LogP contribution is -2.17. The van der Waals surface area contributed by atoms with E-state index in [9.17, 15) is 4.79 Å². The summed E-state index contributed by atoms with van der Waals surface area (Å²) in [6, 6.07) is 7.44. The van der Waals surface area contributed by atoms with Crippen molar-refractivity contribution in [2.45, 2.75) is 32.9 Å². The van der Waals surface area contributed by atoms with Crippen LogP contribution in [0.5, 0.6) is 5.75 Å². The van der Waals surface area contributed by atoms with E-state index in [-0.39, 0.29) is 12.7 Å². The van der Waals surface area contributed by atoms with E-state index < -0.39 is 5.97 Å². The first kappa shape index (κ1) is 16.5. The molecule has 0 aromatic heterocycles. The Morgan fingerprint density at radius 3 is 2.90 bits per heavy atom. The van der Waals surface area contributed by atoms with E-state index in [1.54, 1.807) is 6.07 Å². The van der Waals surface area contributed by atoms with Crippen LogP contribution >= 0.6 is 0 Å². The molecule has 0 heterocycles. The molecule has 112 valence electrons. The lowest BCUT2D eigenvalue weighted by Gasteiger charge is -2.09. The normalized spacial score (nSPS) is 10.8. The second-order valence-corrected chi connectivity index (χ2v) is 4.78. The van der Waals surface area contributed by atoms with E-state index in [2.05, 4.69) is 5.32 Å². The Morgan fingerprint density at radius 2 is 2.20 bits per heavy atom. The van der Waals surface area contributed by atoms with Gasteiger partial charge in [0.05, 0.1) is 6.10 Å². The number of aliphatic carboxylic acids is 1. The van der Waals surface area contributed by atoms with Crippen LogP contribution in [0, 0.1) is 0 Å². The van der Waals surface area contributed by atoms with Crippen LogP contribution in [0.4, 0.5) is 0 Å². The van der Waals surface area contributed by atoms with Crippen molar-refractivity contribution in [3.63, 3.8) is 0 Å². The number of ether oxygens (including phenoxy) is 2. The van der Waals surface area contributed by atoms with E-state index in [0.29, 0.717) is 5.75 Å². The third kappa shape index (κ3) is 7.76. The highest BCUT2D eigenvalue weighted by Crippen LogP contribution is 2.13. The monoisotopic (exact) mass is 281 g/mol. The number of carboxylic acid groups (broad SMARTS) is 1. The fourth-order valence-electron chi connectivity index (χ4n) is 1.64. The molecule has 1 aromatic rings. The Labute approximate surface area is 119 Å². The van der Waals surface area contributed by atoms with Gasteiger partial charge in [-0.1, -0.05) is 12.1 Å². The molecule has 5 heteroatoms. The third-order valence-electron chi connectivity index (χ3n) is 2.54. The smallest absolute Gasteiger partial charge is 0.341 e. The molecule has 20 heavy (non-hydrogen) atoms. The number of carbonyl (C=O) groups is 1. The van der Waals surface area contributed by atoms with Crippen molar-refractivity contribution < 1.29 is 19.4 Å². The van der Waals surface area contributed by atoms with Gasteiger partial charge in [0.1, 0.15) is 5.75 Å². The highest BCUT2D eigenvalue weighted by molar-refractivity contribution is 5.68. The van der Waals surface area contributed by atoms with Gasteiger partial charge in [0.25, 0.3) is 0 Å². The first-order valence-electron chi connectivity index (χ1n) is 6.84. The van der Waals surface area contributed by atoms with Crippen LogP contribution in [0.3, 0.4) is 0 Å². The fourth-order valence-corrected chi connectivity index (χ4v) is 1.64. The largest absolute Gasteiger partial charge is 0.482 e. The van der Waals surface area contributed by atoms with E-state index in [1.807, 2.05) is 32.0 Å². The van der Waals surface area contributed by atoms with E-state index >= 15 is 0 Å². The van der Waals surface area contributed by atoms with Crippen molar-refractivity contribution >= 4 is 5.97 Å². The minimum atomic E-state index is -0.973. The van der Waals surface area contributed by atoms with Crippen molar-refractivity contribution in [1.29, 1.82) is 0 Å². The van der Waals surface area contributed by atoms with E-state index in [1.165, 1.54) is 0 Å². The predicted octanol–water partition coefficient (Wildman–Crippen LogP) is 2.05. The summed E-state index contributed by atoms with van der Waals surface area (Å²) in [5, 5.41) is 11.9. The van der Waals surface area contributed by atoms with Gasteiger partial charge in [0.15, 0.2) is 6.61 Å². The second kappa shape index (κ2) is 9.34. The Hall–Kier alpha value is -1.59. The molecule has 0 aliphatic heterocycles. The standard InChI is InChI=1S/C15H23NO4/c1-12(2)19-8-4-7-16-10-13-5-3-6-14(9-13)20-11-15(17)18/h3,5-6,9,12,16H,4,7-8,10-11H2,1-2H3,(H,17,18). The van der Waals surface area contributed by atoms with Gasteiger partial charge in [0, 0.05) is 13.2 Å². The van der Waals surface area contributed by atoms with E-state index in [4.69, 9.17) is 14.6 Å². The zero-order valence-corrected chi connectivity index (χ0v) is 12.1. The number of nitrogens with one attached hydrogen (secondary N) is 1. The van der Waals surface area contributed by atoms with Crippen LogP contribution in [0.1, 0.15) is 25.8 Å². The van der Waals surface area contributed by atoms with Gasteiger partial charge in [-0.3, -0.25) is 0 Å². The minimum Gasteiger partial charge on any atom is -0.482 e. The SMILES string of the molecule is CC(C)OCCCNCc1cccc(OCC(=O)O)c1. The van der Waals surface area contributed by atoms with Gasteiger partial charge in [-0.2, -0.15) is 0 Å². The molecular weight excluding hydrogens is 258 g/mol. The lowest BCUT2D eigenvalue weighted by molar-refractivity contribution is -0.139. The van der Waals surface area contributed by atoms with Gasteiger partial charge in [-0.15, -0.1) is 0 Å². The maximum Gasteiger partial charge on any atom is 0.341 e.